The van der Waals surface area contributed by atoms with Crippen LogP contribution in [0.15, 0.2) is 79.1 Å². The van der Waals surface area contributed by atoms with Gasteiger partial charge in [0.1, 0.15) is 11.9 Å². The van der Waals surface area contributed by atoms with Gasteiger partial charge in [-0.05, 0) is 53.6 Å². The zero-order chi connectivity index (χ0) is 23.2. The lowest BCUT2D eigenvalue weighted by Crippen LogP contribution is -2.49. The van der Waals surface area contributed by atoms with Crippen LogP contribution in [0.3, 0.4) is 0 Å². The number of hydrogen-bond acceptors (Lipinski definition) is 5. The maximum Gasteiger partial charge on any atom is 0.241 e. The van der Waals surface area contributed by atoms with Crippen molar-refractivity contribution in [2.75, 3.05) is 4.90 Å². The molecule has 0 aliphatic carbocycles. The van der Waals surface area contributed by atoms with Crippen molar-refractivity contribution in [3.63, 3.8) is 0 Å². The number of nitrogens with two attached hydrogens (primary N) is 1. The van der Waals surface area contributed by atoms with Crippen molar-refractivity contribution >= 4 is 23.5 Å². The average Bonchev–Trinajstić information content (AvgIpc) is 3.16. The molecule has 3 heterocycles. The van der Waals surface area contributed by atoms with E-state index in [1.165, 1.54) is 24.3 Å². The van der Waals surface area contributed by atoms with E-state index >= 15 is 0 Å². The second-order valence-corrected chi connectivity index (χ2v) is 8.19. The van der Waals surface area contributed by atoms with E-state index in [9.17, 15) is 19.2 Å². The number of nitrogens with zero attached hydrogens (tertiary/aromatic N) is 3. The summed E-state index contributed by atoms with van der Waals surface area (Å²) in [5.41, 5.74) is 6.67. The summed E-state index contributed by atoms with van der Waals surface area (Å²) in [4.78, 5) is 32.9. The zero-order valence-corrected chi connectivity index (χ0v) is 17.4. The largest absolute Gasteiger partial charge is 0.368 e. The topological polar surface area (TPSA) is 100 Å². The van der Waals surface area contributed by atoms with E-state index in [0.29, 0.717) is 5.56 Å². The Labute approximate surface area is 189 Å². The number of benzene rings is 2. The monoisotopic (exact) mass is 438 g/mol. The maximum absolute atomic E-state index is 14.0. The van der Waals surface area contributed by atoms with Gasteiger partial charge in [0.05, 0.1) is 12.1 Å². The first-order valence-corrected chi connectivity index (χ1v) is 10.5. The lowest BCUT2D eigenvalue weighted by Gasteiger charge is -2.36. The summed E-state index contributed by atoms with van der Waals surface area (Å²) in [6.45, 7) is 0. The van der Waals surface area contributed by atoms with Gasteiger partial charge >= 0.3 is 0 Å². The van der Waals surface area contributed by atoms with E-state index in [-0.39, 0.29) is 11.3 Å². The van der Waals surface area contributed by atoms with Crippen molar-refractivity contribution in [2.45, 2.75) is 18.0 Å². The molecule has 5 rings (SSSR count). The predicted octanol–water partition coefficient (Wildman–Crippen LogP) is 3.47. The number of halogens is 1. The molecule has 33 heavy (non-hydrogen) atoms. The van der Waals surface area contributed by atoms with Gasteiger partial charge in [0.25, 0.3) is 0 Å². The summed E-state index contributed by atoms with van der Waals surface area (Å²) in [5, 5.41) is 10.4. The average molecular weight is 438 g/mol. The highest BCUT2D eigenvalue weighted by molar-refractivity contribution is 6.06. The molecule has 0 radical (unpaired) electrons. The highest BCUT2D eigenvalue weighted by Crippen LogP contribution is 2.55. The Hall–Kier alpha value is -4.31. The number of hydrogen-bond donors (Lipinski definition) is 1. The van der Waals surface area contributed by atoms with Gasteiger partial charge in [0.2, 0.25) is 5.91 Å². The number of para-hydroxylation sites is 1. The van der Waals surface area contributed by atoms with E-state index in [1.54, 1.807) is 30.6 Å². The molecule has 1 saturated heterocycles. The molecule has 0 bridgehead atoms. The number of pyridine rings is 1. The highest BCUT2D eigenvalue weighted by Gasteiger charge is 2.65. The summed E-state index contributed by atoms with van der Waals surface area (Å²) in [6, 6.07) is 16.6. The minimum absolute atomic E-state index is 0.282. The van der Waals surface area contributed by atoms with Crippen LogP contribution in [0.2, 0.25) is 0 Å². The van der Waals surface area contributed by atoms with Crippen LogP contribution in [0.5, 0.6) is 0 Å². The summed E-state index contributed by atoms with van der Waals surface area (Å²) >= 11 is 0. The van der Waals surface area contributed by atoms with Gasteiger partial charge in [-0.15, -0.1) is 0 Å². The first-order chi connectivity index (χ1) is 16.0. The summed E-state index contributed by atoms with van der Waals surface area (Å²) in [6.07, 6.45) is 6.72. The molecule has 3 aromatic rings. The fourth-order valence-corrected chi connectivity index (χ4v) is 5.16. The molecule has 0 saturated carbocycles. The third kappa shape index (κ3) is 2.95. The van der Waals surface area contributed by atoms with Crippen LogP contribution in [-0.2, 0) is 4.79 Å². The SMILES string of the molecule is N#C[C@]1(C(N)=O)[C@@H]2C=Cc3ccccc3N2[C@H](C(=O)c2ccc(F)cc2)[C@@H]1c1ccncc1. The standard InChI is InChI=1S/C26H19FN4O2/c27-19-8-5-18(6-9-19)24(32)23-22(17-11-13-30-14-12-17)26(15-28,25(29)33)21-10-7-16-3-1-2-4-20(16)31(21)23/h1-14,21-23H,(H2,29,33)/t21-,22-,23-,26-/m0/s1. The lowest BCUT2D eigenvalue weighted by atomic mass is 9.67. The predicted molar refractivity (Wildman–Crippen MR) is 120 cm³/mol. The number of ketones is 1. The summed E-state index contributed by atoms with van der Waals surface area (Å²) < 4.78 is 13.6. The Morgan fingerprint density at radius 1 is 1.06 bits per heavy atom. The molecule has 6 nitrogen and oxygen atoms in total. The van der Waals surface area contributed by atoms with E-state index in [2.05, 4.69) is 11.1 Å². The molecule has 4 atom stereocenters. The maximum atomic E-state index is 14.0. The Bertz CT molecular complexity index is 1320. The number of carbonyl (C=O) groups excluding carboxylic acids is 2. The van der Waals surface area contributed by atoms with Gasteiger partial charge in [-0.1, -0.05) is 30.4 Å². The third-order valence-corrected chi connectivity index (χ3v) is 6.60. The molecule has 1 fully saturated rings. The quantitative estimate of drug-likeness (QED) is 0.629. The van der Waals surface area contributed by atoms with Gasteiger partial charge in [-0.2, -0.15) is 5.26 Å². The van der Waals surface area contributed by atoms with E-state index in [1.807, 2.05) is 35.2 Å². The van der Waals surface area contributed by atoms with Crippen molar-refractivity contribution in [1.82, 2.24) is 4.98 Å². The first kappa shape index (κ1) is 20.6. The number of anilines is 1. The van der Waals surface area contributed by atoms with Crippen LogP contribution in [0.4, 0.5) is 10.1 Å². The Kier molecular flexibility index (Phi) is 4.79. The number of aromatic nitrogens is 1. The van der Waals surface area contributed by atoms with E-state index in [4.69, 9.17) is 5.73 Å². The molecular weight excluding hydrogens is 419 g/mol. The van der Waals surface area contributed by atoms with Crippen LogP contribution in [0, 0.1) is 22.6 Å². The van der Waals surface area contributed by atoms with Gasteiger partial charge in [0.15, 0.2) is 11.2 Å². The molecule has 2 aromatic carbocycles. The second kappa shape index (κ2) is 7.68. The number of amides is 1. The van der Waals surface area contributed by atoms with Crippen LogP contribution in [0.1, 0.15) is 27.4 Å². The van der Waals surface area contributed by atoms with Crippen molar-refractivity contribution in [1.29, 1.82) is 5.26 Å². The number of nitriles is 1. The Morgan fingerprint density at radius 2 is 1.76 bits per heavy atom. The normalized spacial score (nSPS) is 25.1. The lowest BCUT2D eigenvalue weighted by molar-refractivity contribution is -0.125. The molecule has 2 aliphatic rings. The molecule has 162 valence electrons. The molecule has 1 amide bonds. The zero-order valence-electron chi connectivity index (χ0n) is 17.4. The van der Waals surface area contributed by atoms with Crippen LogP contribution in [-0.4, -0.2) is 28.8 Å². The minimum Gasteiger partial charge on any atom is -0.368 e. The molecule has 0 spiro atoms. The van der Waals surface area contributed by atoms with Crippen molar-refractivity contribution in [3.8, 4) is 6.07 Å². The second-order valence-electron chi connectivity index (χ2n) is 8.19. The molecular formula is C26H19FN4O2. The van der Waals surface area contributed by atoms with Crippen molar-refractivity contribution in [3.05, 3.63) is 102 Å². The fourth-order valence-electron chi connectivity index (χ4n) is 5.16. The van der Waals surface area contributed by atoms with Crippen molar-refractivity contribution < 1.29 is 14.0 Å². The fraction of sp³-hybridized carbons (Fsp3) is 0.154. The van der Waals surface area contributed by atoms with Gasteiger partial charge < -0.3 is 10.6 Å². The molecule has 0 unspecified atom stereocenters. The van der Waals surface area contributed by atoms with Crippen LogP contribution in [0.25, 0.3) is 6.08 Å². The van der Waals surface area contributed by atoms with Gasteiger partial charge in [-0.3, -0.25) is 14.6 Å². The first-order valence-electron chi connectivity index (χ1n) is 10.5. The number of rotatable bonds is 4. The van der Waals surface area contributed by atoms with Crippen molar-refractivity contribution in [2.24, 2.45) is 11.1 Å². The van der Waals surface area contributed by atoms with Crippen LogP contribution >= 0.6 is 0 Å². The smallest absolute Gasteiger partial charge is 0.241 e. The molecule has 2 N–H and O–H groups in total. The Balaban J connectivity index is 1.80. The molecule has 7 heteroatoms. The number of fused-ring (bicyclic) bond motifs is 3. The third-order valence-electron chi connectivity index (χ3n) is 6.60. The summed E-state index contributed by atoms with van der Waals surface area (Å²) in [7, 11) is 0. The van der Waals surface area contributed by atoms with E-state index < -0.39 is 35.1 Å². The van der Waals surface area contributed by atoms with Gasteiger partial charge in [0, 0.05) is 29.6 Å². The molecule has 2 aliphatic heterocycles. The molecule has 1 aromatic heterocycles. The highest BCUT2D eigenvalue weighted by atomic mass is 19.1. The minimum atomic E-state index is -1.72. The summed E-state index contributed by atoms with van der Waals surface area (Å²) in [5.74, 6) is -2.47. The number of carbonyl (C=O) groups is 2. The van der Waals surface area contributed by atoms with E-state index in [0.717, 1.165) is 11.3 Å². The van der Waals surface area contributed by atoms with Crippen LogP contribution < -0.4 is 10.6 Å². The van der Waals surface area contributed by atoms with Gasteiger partial charge in [-0.25, -0.2) is 4.39 Å². The Morgan fingerprint density at radius 3 is 2.42 bits per heavy atom. The number of primary amides is 1. The number of Topliss-reactive ketones (excluding diaryl/α,β-unsaturated/α-hetero) is 1.